The van der Waals surface area contributed by atoms with Crippen molar-refractivity contribution >= 4 is 11.8 Å². The van der Waals surface area contributed by atoms with Crippen LogP contribution in [0, 0.1) is 23.7 Å². The number of amides is 2. The van der Waals surface area contributed by atoms with E-state index in [1.807, 2.05) is 0 Å². The lowest BCUT2D eigenvalue weighted by molar-refractivity contribution is -0.130. The Hall–Kier alpha value is -1.06. The van der Waals surface area contributed by atoms with Crippen molar-refractivity contribution in [2.45, 2.75) is 64.5 Å². The molecule has 4 heteroatoms. The summed E-state index contributed by atoms with van der Waals surface area (Å²) in [6.07, 6.45) is 5.84. The van der Waals surface area contributed by atoms with Crippen LogP contribution in [-0.2, 0) is 9.59 Å². The molecule has 3 rings (SSSR count). The molecule has 0 bridgehead atoms. The molecule has 0 aromatic heterocycles. The predicted molar refractivity (Wildman–Crippen MR) is 76.9 cm³/mol. The van der Waals surface area contributed by atoms with Crippen LogP contribution in [0.15, 0.2) is 0 Å². The summed E-state index contributed by atoms with van der Waals surface area (Å²) in [6.45, 7) is 4.33. The fraction of sp³-hybridized carbons (Fsp3) is 0.875. The van der Waals surface area contributed by atoms with Crippen LogP contribution in [0.1, 0.15) is 52.4 Å². The maximum atomic E-state index is 12.2. The Labute approximate surface area is 121 Å². The second-order valence-electron chi connectivity index (χ2n) is 7.22. The minimum Gasteiger partial charge on any atom is -0.353 e. The molecule has 4 nitrogen and oxygen atoms in total. The number of hydrogen-bond donors (Lipinski definition) is 2. The Morgan fingerprint density at radius 1 is 0.800 bits per heavy atom. The second-order valence-corrected chi connectivity index (χ2v) is 7.22. The number of rotatable bonds is 4. The zero-order valence-corrected chi connectivity index (χ0v) is 12.5. The molecule has 0 heterocycles. The molecule has 2 N–H and O–H groups in total. The highest BCUT2D eigenvalue weighted by Crippen LogP contribution is 2.34. The first kappa shape index (κ1) is 13.9. The zero-order valence-electron chi connectivity index (χ0n) is 12.5. The highest BCUT2D eigenvalue weighted by Gasteiger charge is 2.39. The van der Waals surface area contributed by atoms with Crippen molar-refractivity contribution in [2.75, 3.05) is 0 Å². The van der Waals surface area contributed by atoms with E-state index in [9.17, 15) is 9.59 Å². The van der Waals surface area contributed by atoms with Gasteiger partial charge in [0.1, 0.15) is 0 Å². The number of carbonyl (C=O) groups is 2. The monoisotopic (exact) mass is 278 g/mol. The van der Waals surface area contributed by atoms with Gasteiger partial charge in [0.15, 0.2) is 0 Å². The molecule has 112 valence electrons. The van der Waals surface area contributed by atoms with Crippen molar-refractivity contribution in [3.63, 3.8) is 0 Å². The van der Waals surface area contributed by atoms with Gasteiger partial charge >= 0.3 is 0 Å². The fourth-order valence-corrected chi connectivity index (χ4v) is 3.31. The molecule has 20 heavy (non-hydrogen) atoms. The van der Waals surface area contributed by atoms with E-state index in [1.165, 1.54) is 0 Å². The highest BCUT2D eigenvalue weighted by molar-refractivity contribution is 5.83. The Balaban J connectivity index is 1.47. The third-order valence-corrected chi connectivity index (χ3v) is 5.29. The van der Waals surface area contributed by atoms with Gasteiger partial charge in [-0.25, -0.2) is 0 Å². The molecule has 2 amide bonds. The molecular weight excluding hydrogens is 252 g/mol. The molecule has 6 atom stereocenters. The van der Waals surface area contributed by atoms with Crippen LogP contribution in [0.4, 0.5) is 0 Å². The third-order valence-electron chi connectivity index (χ3n) is 5.29. The van der Waals surface area contributed by atoms with Crippen LogP contribution in [0.2, 0.25) is 0 Å². The van der Waals surface area contributed by atoms with Gasteiger partial charge in [-0.1, -0.05) is 20.3 Å². The summed E-state index contributed by atoms with van der Waals surface area (Å²) in [5, 5.41) is 6.24. The standard InChI is InChI=1S/C16H26N2O2/c1-9-6-13(9)17-15(19)11-4-3-5-12(8-11)16(20)18-14-7-10(14)2/h9-14H,3-8H2,1-2H3,(H,17,19)(H,18,20)/t9-,10+,11-,12+,13+,14-. The van der Waals surface area contributed by atoms with Gasteiger partial charge in [0.2, 0.25) is 11.8 Å². The first-order valence-electron chi connectivity index (χ1n) is 8.15. The third kappa shape index (κ3) is 3.15. The van der Waals surface area contributed by atoms with E-state index in [0.29, 0.717) is 23.9 Å². The van der Waals surface area contributed by atoms with Crippen LogP contribution in [0.25, 0.3) is 0 Å². The van der Waals surface area contributed by atoms with Crippen molar-refractivity contribution in [1.82, 2.24) is 10.6 Å². The number of carbonyl (C=O) groups excluding carboxylic acids is 2. The zero-order chi connectivity index (χ0) is 14.3. The summed E-state index contributed by atoms with van der Waals surface area (Å²) < 4.78 is 0. The number of nitrogens with one attached hydrogen (secondary N) is 2. The highest BCUT2D eigenvalue weighted by atomic mass is 16.2. The van der Waals surface area contributed by atoms with E-state index < -0.39 is 0 Å². The Bertz CT molecular complexity index is 373. The largest absolute Gasteiger partial charge is 0.353 e. The van der Waals surface area contributed by atoms with Crippen LogP contribution >= 0.6 is 0 Å². The van der Waals surface area contributed by atoms with Gasteiger partial charge < -0.3 is 10.6 Å². The molecule has 0 unspecified atom stereocenters. The molecule has 0 aliphatic heterocycles. The molecule has 3 saturated carbocycles. The molecule has 0 saturated heterocycles. The molecule has 0 aromatic rings. The molecule has 3 aliphatic rings. The topological polar surface area (TPSA) is 58.2 Å². The molecule has 0 aromatic carbocycles. The minimum atomic E-state index is 0.0453. The summed E-state index contributed by atoms with van der Waals surface area (Å²) in [6, 6.07) is 0.785. The Morgan fingerprint density at radius 3 is 1.55 bits per heavy atom. The summed E-state index contributed by atoms with van der Waals surface area (Å²) in [7, 11) is 0. The van der Waals surface area contributed by atoms with Gasteiger partial charge in [-0.15, -0.1) is 0 Å². The summed E-state index contributed by atoms with van der Waals surface area (Å²) in [5.41, 5.74) is 0. The van der Waals surface area contributed by atoms with Crippen LogP contribution in [0.5, 0.6) is 0 Å². The maximum Gasteiger partial charge on any atom is 0.223 e. The number of hydrogen-bond acceptors (Lipinski definition) is 2. The summed E-state index contributed by atoms with van der Waals surface area (Å²) >= 11 is 0. The van der Waals surface area contributed by atoms with Crippen LogP contribution in [0.3, 0.4) is 0 Å². The molecule has 3 aliphatic carbocycles. The molecule has 0 radical (unpaired) electrons. The maximum absolute atomic E-state index is 12.2. The van der Waals surface area contributed by atoms with Crippen LogP contribution in [-0.4, -0.2) is 23.9 Å². The van der Waals surface area contributed by atoms with E-state index in [2.05, 4.69) is 24.5 Å². The van der Waals surface area contributed by atoms with E-state index in [4.69, 9.17) is 0 Å². The molecule has 3 fully saturated rings. The van der Waals surface area contributed by atoms with Crippen molar-refractivity contribution in [3.05, 3.63) is 0 Å². The lowest BCUT2D eigenvalue weighted by atomic mass is 9.80. The van der Waals surface area contributed by atoms with E-state index in [-0.39, 0.29) is 23.7 Å². The van der Waals surface area contributed by atoms with Gasteiger partial charge in [0.05, 0.1) is 0 Å². The first-order chi connectivity index (χ1) is 9.54. The predicted octanol–water partition coefficient (Wildman–Crippen LogP) is 1.84. The van der Waals surface area contributed by atoms with Gasteiger partial charge in [0, 0.05) is 23.9 Å². The fourth-order valence-electron chi connectivity index (χ4n) is 3.31. The van der Waals surface area contributed by atoms with Gasteiger partial charge in [-0.2, -0.15) is 0 Å². The van der Waals surface area contributed by atoms with Crippen molar-refractivity contribution in [2.24, 2.45) is 23.7 Å². The first-order valence-corrected chi connectivity index (χ1v) is 8.15. The smallest absolute Gasteiger partial charge is 0.223 e. The summed E-state index contributed by atoms with van der Waals surface area (Å²) in [5.74, 6) is 1.72. The van der Waals surface area contributed by atoms with Crippen molar-refractivity contribution < 1.29 is 9.59 Å². The second kappa shape index (κ2) is 5.38. The average molecular weight is 278 g/mol. The molecule has 0 spiro atoms. The SMILES string of the molecule is C[C@@H]1C[C@@H]1NC(=O)[C@@H]1CCC[C@H](C(=O)N[C@@H]2C[C@@H]2C)C1. The van der Waals surface area contributed by atoms with Crippen molar-refractivity contribution in [3.8, 4) is 0 Å². The van der Waals surface area contributed by atoms with Gasteiger partial charge in [0.25, 0.3) is 0 Å². The lowest BCUT2D eigenvalue weighted by Crippen LogP contribution is -2.40. The lowest BCUT2D eigenvalue weighted by Gasteiger charge is -2.27. The minimum absolute atomic E-state index is 0.0453. The van der Waals surface area contributed by atoms with E-state index in [0.717, 1.165) is 38.5 Å². The van der Waals surface area contributed by atoms with Crippen LogP contribution < -0.4 is 10.6 Å². The Morgan fingerprint density at radius 2 is 1.20 bits per heavy atom. The summed E-state index contributed by atoms with van der Waals surface area (Å²) in [4.78, 5) is 24.4. The molecular formula is C16H26N2O2. The normalized spacial score (nSPS) is 42.7. The van der Waals surface area contributed by atoms with E-state index >= 15 is 0 Å². The Kier molecular flexibility index (Phi) is 3.74. The van der Waals surface area contributed by atoms with E-state index in [1.54, 1.807) is 0 Å². The quantitative estimate of drug-likeness (QED) is 0.824. The van der Waals surface area contributed by atoms with Crippen molar-refractivity contribution in [1.29, 1.82) is 0 Å². The van der Waals surface area contributed by atoms with Gasteiger partial charge in [-0.05, 0) is 43.9 Å². The average Bonchev–Trinajstić information content (AvgIpc) is 3.31. The van der Waals surface area contributed by atoms with Gasteiger partial charge in [-0.3, -0.25) is 9.59 Å².